The number of hydrogen-bond acceptors (Lipinski definition) is 5. The number of amides is 1. The zero-order valence-corrected chi connectivity index (χ0v) is 8.90. The van der Waals surface area contributed by atoms with Crippen LogP contribution in [0.5, 0.6) is 0 Å². The van der Waals surface area contributed by atoms with Gasteiger partial charge in [-0.3, -0.25) is 9.78 Å². The molecule has 1 heterocycles. The zero-order chi connectivity index (χ0) is 11.3. The van der Waals surface area contributed by atoms with Gasteiger partial charge in [0.2, 0.25) is 5.91 Å². The molecule has 0 radical (unpaired) electrons. The van der Waals surface area contributed by atoms with Crippen molar-refractivity contribution in [3.63, 3.8) is 0 Å². The minimum absolute atomic E-state index is 0.0777. The topological polar surface area (TPSA) is 84.1 Å². The van der Waals surface area contributed by atoms with Crippen molar-refractivity contribution in [1.82, 2.24) is 15.3 Å². The van der Waals surface area contributed by atoms with E-state index in [0.29, 0.717) is 18.1 Å². The van der Waals surface area contributed by atoms with Crippen molar-refractivity contribution >= 4 is 11.7 Å². The summed E-state index contributed by atoms with van der Waals surface area (Å²) in [5.74, 6) is 0.565. The van der Waals surface area contributed by atoms with Crippen LogP contribution >= 0.6 is 0 Å². The van der Waals surface area contributed by atoms with Gasteiger partial charge in [0.1, 0.15) is 0 Å². The number of hydrogen-bond donors (Lipinski definition) is 2. The van der Waals surface area contributed by atoms with Gasteiger partial charge in [-0.15, -0.1) is 0 Å². The first-order valence-corrected chi connectivity index (χ1v) is 4.60. The summed E-state index contributed by atoms with van der Waals surface area (Å²) in [6.45, 7) is 0.545. The number of aromatic nitrogens is 2. The third kappa shape index (κ3) is 2.88. The molecule has 82 valence electrons. The van der Waals surface area contributed by atoms with E-state index < -0.39 is 0 Å². The predicted molar refractivity (Wildman–Crippen MR) is 57.3 cm³/mol. The Morgan fingerprint density at radius 2 is 2.20 bits per heavy atom. The fraction of sp³-hybridized carbons (Fsp3) is 0.444. The molecule has 1 rings (SSSR count). The number of likely N-dealkylation sites (N-methyl/N-ethyl adjacent to an activating group) is 2. The largest absolute Gasteiger partial charge is 0.358 e. The second kappa shape index (κ2) is 5.26. The number of carbonyl (C=O) groups excluding carboxylic acids is 1. The minimum atomic E-state index is -0.0777. The van der Waals surface area contributed by atoms with E-state index in [0.717, 1.165) is 0 Å². The molecule has 0 fully saturated rings. The fourth-order valence-corrected chi connectivity index (χ4v) is 1.19. The summed E-state index contributed by atoms with van der Waals surface area (Å²) in [5, 5.41) is 2.54. The highest BCUT2D eigenvalue weighted by Crippen LogP contribution is 2.11. The molecule has 0 atom stereocenters. The molecule has 1 aromatic rings. The molecule has 0 unspecified atom stereocenters. The lowest BCUT2D eigenvalue weighted by molar-refractivity contribution is -0.119. The number of anilines is 1. The maximum absolute atomic E-state index is 11.2. The van der Waals surface area contributed by atoms with E-state index in [-0.39, 0.29) is 12.5 Å². The van der Waals surface area contributed by atoms with Gasteiger partial charge in [-0.2, -0.15) is 0 Å². The summed E-state index contributed by atoms with van der Waals surface area (Å²) >= 11 is 0. The number of carbonyl (C=O) groups is 1. The Hall–Kier alpha value is -1.69. The van der Waals surface area contributed by atoms with Crippen molar-refractivity contribution in [2.24, 2.45) is 5.73 Å². The van der Waals surface area contributed by atoms with Crippen molar-refractivity contribution in [2.75, 3.05) is 25.5 Å². The molecule has 6 heteroatoms. The predicted octanol–water partition coefficient (Wildman–Crippen LogP) is -0.882. The molecule has 0 spiro atoms. The highest BCUT2D eigenvalue weighted by atomic mass is 16.1. The molecule has 0 saturated carbocycles. The van der Waals surface area contributed by atoms with Crippen LogP contribution in [0.25, 0.3) is 0 Å². The third-order valence-electron chi connectivity index (χ3n) is 1.97. The third-order valence-corrected chi connectivity index (χ3v) is 1.97. The van der Waals surface area contributed by atoms with Crippen LogP contribution in [-0.4, -0.2) is 36.5 Å². The molecule has 0 saturated heterocycles. The second-order valence-electron chi connectivity index (χ2n) is 3.06. The Morgan fingerprint density at radius 3 is 2.80 bits per heavy atom. The number of nitrogens with two attached hydrogens (primary N) is 1. The molecule has 0 aliphatic heterocycles. The molecule has 3 N–H and O–H groups in total. The average Bonchev–Trinajstić information content (AvgIpc) is 2.28. The lowest BCUT2D eigenvalue weighted by Crippen LogP contribution is -2.34. The molecule has 6 nitrogen and oxygen atoms in total. The quantitative estimate of drug-likeness (QED) is 0.672. The lowest BCUT2D eigenvalue weighted by Gasteiger charge is -2.18. The standard InChI is InChI=1S/C9H15N5O/c1-11-8(15)6-14(2)9-7(5-10)12-3-4-13-9/h3-4H,5-6,10H2,1-2H3,(H,11,15). The minimum Gasteiger partial charge on any atom is -0.358 e. The number of rotatable bonds is 4. The van der Waals surface area contributed by atoms with E-state index in [1.54, 1.807) is 31.4 Å². The summed E-state index contributed by atoms with van der Waals surface area (Å²) in [4.78, 5) is 21.1. The summed E-state index contributed by atoms with van der Waals surface area (Å²) in [7, 11) is 3.37. The van der Waals surface area contributed by atoms with Crippen LogP contribution in [0.4, 0.5) is 5.82 Å². The summed E-state index contributed by atoms with van der Waals surface area (Å²) in [6.07, 6.45) is 3.16. The van der Waals surface area contributed by atoms with E-state index in [2.05, 4.69) is 15.3 Å². The van der Waals surface area contributed by atoms with Gasteiger partial charge < -0.3 is 16.0 Å². The Balaban J connectivity index is 2.80. The zero-order valence-electron chi connectivity index (χ0n) is 8.90. The van der Waals surface area contributed by atoms with Crippen molar-refractivity contribution in [3.8, 4) is 0 Å². The molecule has 0 aromatic carbocycles. The van der Waals surface area contributed by atoms with E-state index in [1.807, 2.05) is 0 Å². The fourth-order valence-electron chi connectivity index (χ4n) is 1.19. The molecule has 0 aliphatic rings. The van der Waals surface area contributed by atoms with Gasteiger partial charge in [0.05, 0.1) is 12.2 Å². The smallest absolute Gasteiger partial charge is 0.239 e. The first-order valence-electron chi connectivity index (χ1n) is 4.60. The van der Waals surface area contributed by atoms with Crippen molar-refractivity contribution in [1.29, 1.82) is 0 Å². The first kappa shape index (κ1) is 11.4. The van der Waals surface area contributed by atoms with Crippen LogP contribution in [0.3, 0.4) is 0 Å². The number of nitrogens with zero attached hydrogens (tertiary/aromatic N) is 3. The summed E-state index contributed by atoms with van der Waals surface area (Å²) < 4.78 is 0. The van der Waals surface area contributed by atoms with E-state index >= 15 is 0 Å². The van der Waals surface area contributed by atoms with Gasteiger partial charge in [-0.1, -0.05) is 0 Å². The van der Waals surface area contributed by atoms with Gasteiger partial charge in [0.25, 0.3) is 0 Å². The van der Waals surface area contributed by atoms with E-state index in [1.165, 1.54) is 0 Å². The van der Waals surface area contributed by atoms with Crippen molar-refractivity contribution in [3.05, 3.63) is 18.1 Å². The SMILES string of the molecule is CNC(=O)CN(C)c1nccnc1CN. The number of nitrogens with one attached hydrogen (secondary N) is 1. The molecular weight excluding hydrogens is 194 g/mol. The second-order valence-corrected chi connectivity index (χ2v) is 3.06. The maximum atomic E-state index is 11.2. The molecular formula is C9H15N5O. The van der Waals surface area contributed by atoms with Gasteiger partial charge in [-0.25, -0.2) is 4.98 Å². The Bertz CT molecular complexity index is 341. The molecule has 0 bridgehead atoms. The van der Waals surface area contributed by atoms with E-state index in [4.69, 9.17) is 5.73 Å². The van der Waals surface area contributed by atoms with Crippen LogP contribution in [-0.2, 0) is 11.3 Å². The molecule has 0 aliphatic carbocycles. The van der Waals surface area contributed by atoms with Gasteiger partial charge in [0.15, 0.2) is 5.82 Å². The highest BCUT2D eigenvalue weighted by Gasteiger charge is 2.11. The van der Waals surface area contributed by atoms with Gasteiger partial charge in [-0.05, 0) is 0 Å². The van der Waals surface area contributed by atoms with Crippen LogP contribution in [0.2, 0.25) is 0 Å². The average molecular weight is 209 g/mol. The lowest BCUT2D eigenvalue weighted by atomic mass is 10.3. The van der Waals surface area contributed by atoms with Crippen LogP contribution in [0, 0.1) is 0 Å². The Morgan fingerprint density at radius 1 is 1.53 bits per heavy atom. The van der Waals surface area contributed by atoms with Crippen LogP contribution < -0.4 is 16.0 Å². The highest BCUT2D eigenvalue weighted by molar-refractivity contribution is 5.80. The first-order chi connectivity index (χ1) is 7.19. The van der Waals surface area contributed by atoms with E-state index in [9.17, 15) is 4.79 Å². The Kier molecular flexibility index (Phi) is 3.99. The summed E-state index contributed by atoms with van der Waals surface area (Å²) in [6, 6.07) is 0. The van der Waals surface area contributed by atoms with Gasteiger partial charge >= 0.3 is 0 Å². The summed E-state index contributed by atoms with van der Waals surface area (Å²) in [5.41, 5.74) is 6.21. The Labute approximate surface area is 88.5 Å². The van der Waals surface area contributed by atoms with Crippen molar-refractivity contribution < 1.29 is 4.79 Å². The molecule has 1 aromatic heterocycles. The monoisotopic (exact) mass is 209 g/mol. The molecule has 1 amide bonds. The van der Waals surface area contributed by atoms with Crippen LogP contribution in [0.15, 0.2) is 12.4 Å². The maximum Gasteiger partial charge on any atom is 0.239 e. The molecule has 15 heavy (non-hydrogen) atoms. The normalized spacial score (nSPS) is 9.80. The van der Waals surface area contributed by atoms with Crippen LogP contribution in [0.1, 0.15) is 5.69 Å². The van der Waals surface area contributed by atoms with Gasteiger partial charge in [0, 0.05) is 33.0 Å². The van der Waals surface area contributed by atoms with Crippen molar-refractivity contribution in [2.45, 2.75) is 6.54 Å².